The predicted octanol–water partition coefficient (Wildman–Crippen LogP) is 3.62. The normalized spacial score (nSPS) is 10.6. The molecule has 0 aliphatic rings. The van der Waals surface area contributed by atoms with Crippen molar-refractivity contribution in [3.63, 3.8) is 0 Å². The third-order valence-corrected chi connectivity index (χ3v) is 4.77. The van der Waals surface area contributed by atoms with E-state index in [1.807, 2.05) is 30.3 Å². The van der Waals surface area contributed by atoms with Gasteiger partial charge in [-0.3, -0.25) is 0 Å². The van der Waals surface area contributed by atoms with Crippen molar-refractivity contribution in [2.45, 2.75) is 0 Å². The molecule has 2 heterocycles. The number of hydrogen-bond donors (Lipinski definition) is 0. The number of esters is 2. The first-order valence-electron chi connectivity index (χ1n) is 9.35. The molecule has 0 amide bonds. The fourth-order valence-electron chi connectivity index (χ4n) is 2.97. The fourth-order valence-corrected chi connectivity index (χ4v) is 3.10. The number of carbonyl (C=O) groups is 2. The van der Waals surface area contributed by atoms with Gasteiger partial charge in [-0.2, -0.15) is 0 Å². The van der Waals surface area contributed by atoms with Gasteiger partial charge in [0.1, 0.15) is 0 Å². The monoisotopic (exact) mass is 449 g/mol. The molecule has 0 radical (unpaired) electrons. The topological polar surface area (TPSA) is 109 Å². The Bertz CT molecular complexity index is 1290. The number of carbonyl (C=O) groups excluding carboxylic acids is 2. The van der Waals surface area contributed by atoms with E-state index in [1.54, 1.807) is 28.9 Å². The lowest BCUT2D eigenvalue weighted by Crippen LogP contribution is -2.14. The molecular formula is C22H16ClN5O4. The maximum Gasteiger partial charge on any atom is 0.359 e. The van der Waals surface area contributed by atoms with Crippen molar-refractivity contribution in [2.75, 3.05) is 14.2 Å². The molecule has 0 unspecified atom stereocenters. The molecule has 0 fully saturated rings. The van der Waals surface area contributed by atoms with Crippen molar-refractivity contribution in [1.29, 1.82) is 0 Å². The summed E-state index contributed by atoms with van der Waals surface area (Å²) in [6.07, 6.45) is 0. The minimum atomic E-state index is -0.737. The van der Waals surface area contributed by atoms with Crippen molar-refractivity contribution in [1.82, 2.24) is 25.0 Å². The van der Waals surface area contributed by atoms with Gasteiger partial charge in [-0.25, -0.2) is 19.3 Å². The number of para-hydroxylation sites is 1. The highest BCUT2D eigenvalue weighted by atomic mass is 35.5. The summed E-state index contributed by atoms with van der Waals surface area (Å²) >= 11 is 6.00. The molecule has 0 atom stereocenters. The predicted molar refractivity (Wildman–Crippen MR) is 116 cm³/mol. The van der Waals surface area contributed by atoms with Crippen molar-refractivity contribution >= 4 is 23.5 Å². The van der Waals surface area contributed by atoms with Gasteiger partial charge < -0.3 is 9.47 Å². The summed E-state index contributed by atoms with van der Waals surface area (Å²) in [7, 11) is 2.45. The van der Waals surface area contributed by atoms with Crippen LogP contribution in [0, 0.1) is 0 Å². The average molecular weight is 450 g/mol. The Labute approximate surface area is 187 Å². The minimum absolute atomic E-state index is 0.0918. The number of ether oxygens (including phenoxy) is 2. The first-order valence-corrected chi connectivity index (χ1v) is 9.72. The Morgan fingerprint density at radius 1 is 0.906 bits per heavy atom. The average Bonchev–Trinajstić information content (AvgIpc) is 3.29. The van der Waals surface area contributed by atoms with Crippen molar-refractivity contribution < 1.29 is 19.1 Å². The van der Waals surface area contributed by atoms with Gasteiger partial charge in [-0.05, 0) is 42.5 Å². The highest BCUT2D eigenvalue weighted by Crippen LogP contribution is 2.28. The smallest absolute Gasteiger partial charge is 0.359 e. The van der Waals surface area contributed by atoms with Crippen LogP contribution < -0.4 is 0 Å². The molecule has 9 nitrogen and oxygen atoms in total. The van der Waals surface area contributed by atoms with Gasteiger partial charge in [0.25, 0.3) is 0 Å². The van der Waals surface area contributed by atoms with Gasteiger partial charge in [0, 0.05) is 10.6 Å². The molecule has 0 bridgehead atoms. The van der Waals surface area contributed by atoms with Crippen LogP contribution >= 0.6 is 11.6 Å². The molecule has 0 spiro atoms. The zero-order valence-electron chi connectivity index (χ0n) is 17.0. The van der Waals surface area contributed by atoms with E-state index < -0.39 is 11.9 Å². The van der Waals surface area contributed by atoms with E-state index in [4.69, 9.17) is 21.1 Å². The quantitative estimate of drug-likeness (QED) is 0.425. The second kappa shape index (κ2) is 8.94. The van der Waals surface area contributed by atoms with Gasteiger partial charge >= 0.3 is 11.9 Å². The lowest BCUT2D eigenvalue weighted by molar-refractivity contribution is 0.0574. The van der Waals surface area contributed by atoms with Crippen molar-refractivity contribution in [3.05, 3.63) is 77.1 Å². The van der Waals surface area contributed by atoms with E-state index in [0.717, 1.165) is 0 Å². The molecular weight excluding hydrogens is 434 g/mol. The van der Waals surface area contributed by atoms with Crippen LogP contribution in [0.5, 0.6) is 0 Å². The van der Waals surface area contributed by atoms with Gasteiger partial charge in [-0.15, -0.1) is 15.3 Å². The fraction of sp³-hybridized carbons (Fsp3) is 0.0909. The van der Waals surface area contributed by atoms with Gasteiger partial charge in [0.05, 0.1) is 25.5 Å². The van der Waals surface area contributed by atoms with Crippen LogP contribution in [0.25, 0.3) is 28.5 Å². The zero-order valence-corrected chi connectivity index (χ0v) is 17.8. The van der Waals surface area contributed by atoms with Crippen molar-refractivity contribution in [2.24, 2.45) is 0 Å². The molecule has 4 rings (SSSR count). The largest absolute Gasteiger partial charge is 0.464 e. The second-order valence-corrected chi connectivity index (χ2v) is 6.92. The second-order valence-electron chi connectivity index (χ2n) is 6.49. The molecule has 2 aromatic carbocycles. The number of rotatable bonds is 5. The summed E-state index contributed by atoms with van der Waals surface area (Å²) in [6.45, 7) is 0. The van der Waals surface area contributed by atoms with Gasteiger partial charge in [-0.1, -0.05) is 29.8 Å². The lowest BCUT2D eigenvalue weighted by atomic mass is 10.1. The molecule has 2 aromatic heterocycles. The first kappa shape index (κ1) is 21.1. The highest BCUT2D eigenvalue weighted by Gasteiger charge is 2.25. The molecule has 0 aliphatic carbocycles. The van der Waals surface area contributed by atoms with Crippen LogP contribution in [0.15, 0.2) is 60.7 Å². The molecule has 0 N–H and O–H groups in total. The molecule has 0 saturated heterocycles. The van der Waals surface area contributed by atoms with Gasteiger partial charge in [0.15, 0.2) is 23.0 Å². The summed E-state index contributed by atoms with van der Waals surface area (Å²) in [5.41, 5.74) is 1.39. The van der Waals surface area contributed by atoms with Crippen LogP contribution in [-0.2, 0) is 9.47 Å². The molecule has 0 saturated carbocycles. The zero-order chi connectivity index (χ0) is 22.7. The molecule has 160 valence electrons. The Hall–Kier alpha value is -4.11. The number of hydrogen-bond acceptors (Lipinski definition) is 8. The summed E-state index contributed by atoms with van der Waals surface area (Å²) in [5, 5.41) is 12.9. The van der Waals surface area contributed by atoms with E-state index in [0.29, 0.717) is 22.1 Å². The minimum Gasteiger partial charge on any atom is -0.464 e. The van der Waals surface area contributed by atoms with E-state index in [2.05, 4.69) is 20.3 Å². The van der Waals surface area contributed by atoms with Crippen LogP contribution in [0.1, 0.15) is 21.0 Å². The molecule has 0 aliphatic heterocycles. The SMILES string of the molecule is COC(=O)c1cc(-c2nc(-c3ccc(Cl)cc3)nn2-c2ccccc2)c(C(=O)OC)nn1. The van der Waals surface area contributed by atoms with Crippen LogP contribution in [0.3, 0.4) is 0 Å². The highest BCUT2D eigenvalue weighted by molar-refractivity contribution is 6.30. The van der Waals surface area contributed by atoms with E-state index in [-0.39, 0.29) is 22.8 Å². The maximum atomic E-state index is 12.4. The Morgan fingerprint density at radius 3 is 2.25 bits per heavy atom. The Kier molecular flexibility index (Phi) is 5.91. The number of aromatic nitrogens is 5. The Morgan fingerprint density at radius 2 is 1.59 bits per heavy atom. The number of methoxy groups -OCH3 is 2. The van der Waals surface area contributed by atoms with E-state index in [1.165, 1.54) is 20.3 Å². The number of benzene rings is 2. The molecule has 4 aromatic rings. The van der Waals surface area contributed by atoms with Crippen LogP contribution in [0.4, 0.5) is 0 Å². The van der Waals surface area contributed by atoms with Crippen LogP contribution in [-0.4, -0.2) is 51.1 Å². The summed E-state index contributed by atoms with van der Waals surface area (Å²) in [6, 6.07) is 17.6. The standard InChI is InChI=1S/C22H16ClN5O4/c1-31-21(29)17-12-16(18(26-25-17)22(30)32-2)20-24-19(13-8-10-14(23)11-9-13)27-28(20)15-6-4-3-5-7-15/h3-12H,1-2H3. The summed E-state index contributed by atoms with van der Waals surface area (Å²) < 4.78 is 11.1. The summed E-state index contributed by atoms with van der Waals surface area (Å²) in [4.78, 5) is 29.1. The van der Waals surface area contributed by atoms with Crippen LogP contribution in [0.2, 0.25) is 5.02 Å². The van der Waals surface area contributed by atoms with E-state index >= 15 is 0 Å². The third kappa shape index (κ3) is 4.06. The van der Waals surface area contributed by atoms with Crippen molar-refractivity contribution in [3.8, 4) is 28.5 Å². The number of nitrogens with zero attached hydrogens (tertiary/aromatic N) is 5. The Balaban J connectivity index is 1.98. The lowest BCUT2D eigenvalue weighted by Gasteiger charge is -2.09. The maximum absolute atomic E-state index is 12.4. The number of halogens is 1. The third-order valence-electron chi connectivity index (χ3n) is 4.52. The molecule has 10 heteroatoms. The van der Waals surface area contributed by atoms with Gasteiger partial charge in [0.2, 0.25) is 0 Å². The van der Waals surface area contributed by atoms with E-state index in [9.17, 15) is 9.59 Å². The molecule has 32 heavy (non-hydrogen) atoms. The first-order chi connectivity index (χ1) is 15.5. The summed E-state index contributed by atoms with van der Waals surface area (Å²) in [5.74, 6) is -0.798.